The summed E-state index contributed by atoms with van der Waals surface area (Å²) in [6, 6.07) is 12.4. The Morgan fingerprint density at radius 1 is 1.06 bits per heavy atom. The fourth-order valence-electron chi connectivity index (χ4n) is 1.71. The second-order valence-electron chi connectivity index (χ2n) is 4.17. The molecule has 0 aliphatic carbocycles. The van der Waals surface area contributed by atoms with Gasteiger partial charge in [-0.05, 0) is 37.6 Å². The SMILES string of the molecule is Cc1ccc(Oc2ccc(C#N)cc2O)c(C)c1. The van der Waals surface area contributed by atoms with Crippen molar-refractivity contribution in [3.05, 3.63) is 53.1 Å². The fraction of sp³-hybridized carbons (Fsp3) is 0.133. The predicted molar refractivity (Wildman–Crippen MR) is 68.8 cm³/mol. The maximum atomic E-state index is 9.75. The van der Waals surface area contributed by atoms with Crippen LogP contribution in [0.25, 0.3) is 0 Å². The van der Waals surface area contributed by atoms with E-state index < -0.39 is 0 Å². The minimum atomic E-state index is -0.0333. The van der Waals surface area contributed by atoms with Gasteiger partial charge < -0.3 is 9.84 Å². The molecule has 0 saturated heterocycles. The van der Waals surface area contributed by atoms with E-state index in [4.69, 9.17) is 10.00 Å². The molecule has 0 spiro atoms. The maximum absolute atomic E-state index is 9.75. The Morgan fingerprint density at radius 3 is 2.39 bits per heavy atom. The van der Waals surface area contributed by atoms with Crippen molar-refractivity contribution in [3.8, 4) is 23.3 Å². The van der Waals surface area contributed by atoms with Crippen LogP contribution in [0.1, 0.15) is 16.7 Å². The Kier molecular flexibility index (Phi) is 3.20. The Balaban J connectivity index is 2.32. The highest BCUT2D eigenvalue weighted by Crippen LogP contribution is 2.32. The van der Waals surface area contributed by atoms with Crippen LogP contribution in [0.5, 0.6) is 17.2 Å². The number of nitrogens with zero attached hydrogens (tertiary/aromatic N) is 1. The van der Waals surface area contributed by atoms with Crippen molar-refractivity contribution in [3.63, 3.8) is 0 Å². The molecular formula is C15H13NO2. The summed E-state index contributed by atoms with van der Waals surface area (Å²) < 4.78 is 5.63. The van der Waals surface area contributed by atoms with Gasteiger partial charge in [0.05, 0.1) is 11.6 Å². The molecule has 0 unspecified atom stereocenters. The van der Waals surface area contributed by atoms with E-state index in [0.29, 0.717) is 17.1 Å². The van der Waals surface area contributed by atoms with Gasteiger partial charge in [0.2, 0.25) is 0 Å². The van der Waals surface area contributed by atoms with Crippen molar-refractivity contribution in [1.29, 1.82) is 5.26 Å². The standard InChI is InChI=1S/C15H13NO2/c1-10-3-5-14(11(2)7-10)18-15-6-4-12(9-16)8-13(15)17/h3-8,17H,1-2H3. The van der Waals surface area contributed by atoms with E-state index in [1.54, 1.807) is 12.1 Å². The van der Waals surface area contributed by atoms with Crippen LogP contribution in [0.4, 0.5) is 0 Å². The first kappa shape index (κ1) is 12.0. The van der Waals surface area contributed by atoms with Crippen molar-refractivity contribution in [1.82, 2.24) is 0 Å². The lowest BCUT2D eigenvalue weighted by atomic mass is 10.1. The van der Waals surface area contributed by atoms with Crippen LogP contribution in [-0.2, 0) is 0 Å². The van der Waals surface area contributed by atoms with E-state index in [2.05, 4.69) is 0 Å². The zero-order valence-electron chi connectivity index (χ0n) is 10.3. The molecule has 18 heavy (non-hydrogen) atoms. The third kappa shape index (κ3) is 2.44. The summed E-state index contributed by atoms with van der Waals surface area (Å²) >= 11 is 0. The third-order valence-electron chi connectivity index (χ3n) is 2.64. The third-order valence-corrected chi connectivity index (χ3v) is 2.64. The van der Waals surface area contributed by atoms with Crippen LogP contribution in [0.2, 0.25) is 0 Å². The Morgan fingerprint density at radius 2 is 1.78 bits per heavy atom. The van der Waals surface area contributed by atoms with Gasteiger partial charge in [0.15, 0.2) is 11.5 Å². The normalized spacial score (nSPS) is 9.83. The minimum Gasteiger partial charge on any atom is -0.504 e. The Bertz CT molecular complexity index is 627. The van der Waals surface area contributed by atoms with Crippen molar-refractivity contribution in [2.75, 3.05) is 0 Å². The molecular weight excluding hydrogens is 226 g/mol. The van der Waals surface area contributed by atoms with Gasteiger partial charge in [-0.25, -0.2) is 0 Å². The topological polar surface area (TPSA) is 53.2 Å². The van der Waals surface area contributed by atoms with E-state index in [-0.39, 0.29) is 5.75 Å². The molecule has 3 heteroatoms. The molecule has 0 saturated carbocycles. The zero-order valence-corrected chi connectivity index (χ0v) is 10.3. The molecule has 2 aromatic rings. The van der Waals surface area contributed by atoms with Gasteiger partial charge in [0.25, 0.3) is 0 Å². The summed E-state index contributed by atoms with van der Waals surface area (Å²) in [7, 11) is 0. The van der Waals surface area contributed by atoms with Gasteiger partial charge in [0, 0.05) is 6.07 Å². The largest absolute Gasteiger partial charge is 0.504 e. The molecule has 0 heterocycles. The van der Waals surface area contributed by atoms with Crippen molar-refractivity contribution in [2.24, 2.45) is 0 Å². The van der Waals surface area contributed by atoms with E-state index in [1.165, 1.54) is 6.07 Å². The molecule has 0 bridgehead atoms. The van der Waals surface area contributed by atoms with Crippen LogP contribution in [0.15, 0.2) is 36.4 Å². The van der Waals surface area contributed by atoms with Gasteiger partial charge in [-0.1, -0.05) is 17.7 Å². The summed E-state index contributed by atoms with van der Waals surface area (Å²) in [6.45, 7) is 3.96. The zero-order chi connectivity index (χ0) is 13.1. The quantitative estimate of drug-likeness (QED) is 0.869. The average molecular weight is 239 g/mol. The van der Waals surface area contributed by atoms with Gasteiger partial charge in [-0.3, -0.25) is 0 Å². The Hall–Kier alpha value is -2.47. The number of nitriles is 1. The maximum Gasteiger partial charge on any atom is 0.169 e. The molecule has 2 aromatic carbocycles. The average Bonchev–Trinajstić information content (AvgIpc) is 2.34. The number of aromatic hydroxyl groups is 1. The van der Waals surface area contributed by atoms with Crippen LogP contribution < -0.4 is 4.74 Å². The summed E-state index contributed by atoms with van der Waals surface area (Å²) in [4.78, 5) is 0. The minimum absolute atomic E-state index is 0.0333. The van der Waals surface area contributed by atoms with E-state index >= 15 is 0 Å². The van der Waals surface area contributed by atoms with Gasteiger partial charge in [-0.2, -0.15) is 5.26 Å². The summed E-state index contributed by atoms with van der Waals surface area (Å²) in [5.41, 5.74) is 2.56. The molecule has 2 rings (SSSR count). The van der Waals surface area contributed by atoms with E-state index in [9.17, 15) is 5.11 Å². The smallest absolute Gasteiger partial charge is 0.169 e. The first-order valence-corrected chi connectivity index (χ1v) is 5.58. The van der Waals surface area contributed by atoms with Crippen LogP contribution >= 0.6 is 0 Å². The molecule has 0 atom stereocenters. The highest BCUT2D eigenvalue weighted by atomic mass is 16.5. The molecule has 0 radical (unpaired) electrons. The second kappa shape index (κ2) is 4.80. The number of rotatable bonds is 2. The lowest BCUT2D eigenvalue weighted by molar-refractivity contribution is 0.409. The fourth-order valence-corrected chi connectivity index (χ4v) is 1.71. The highest BCUT2D eigenvalue weighted by molar-refractivity contribution is 5.48. The van der Waals surface area contributed by atoms with Crippen molar-refractivity contribution < 1.29 is 9.84 Å². The predicted octanol–water partition coefficient (Wildman–Crippen LogP) is 3.67. The number of phenolic OH excluding ortho intramolecular Hbond substituents is 1. The van der Waals surface area contributed by atoms with Crippen molar-refractivity contribution >= 4 is 0 Å². The van der Waals surface area contributed by atoms with Gasteiger partial charge in [-0.15, -0.1) is 0 Å². The number of hydrogen-bond acceptors (Lipinski definition) is 3. The molecule has 0 aliphatic rings. The molecule has 90 valence electrons. The van der Waals surface area contributed by atoms with Gasteiger partial charge >= 0.3 is 0 Å². The first-order chi connectivity index (χ1) is 8.60. The number of ether oxygens (including phenoxy) is 1. The number of aryl methyl sites for hydroxylation is 2. The number of hydrogen-bond donors (Lipinski definition) is 1. The number of phenols is 1. The van der Waals surface area contributed by atoms with Crippen molar-refractivity contribution in [2.45, 2.75) is 13.8 Å². The first-order valence-electron chi connectivity index (χ1n) is 5.58. The second-order valence-corrected chi connectivity index (χ2v) is 4.17. The lowest BCUT2D eigenvalue weighted by Crippen LogP contribution is -1.89. The molecule has 0 aromatic heterocycles. The van der Waals surface area contributed by atoms with E-state index in [0.717, 1.165) is 11.1 Å². The lowest BCUT2D eigenvalue weighted by Gasteiger charge is -2.10. The summed E-state index contributed by atoms with van der Waals surface area (Å²) in [5.74, 6) is 1.01. The molecule has 1 N–H and O–H groups in total. The molecule has 3 nitrogen and oxygen atoms in total. The highest BCUT2D eigenvalue weighted by Gasteiger charge is 2.07. The van der Waals surface area contributed by atoms with Crippen LogP contribution in [-0.4, -0.2) is 5.11 Å². The molecule has 0 aliphatic heterocycles. The summed E-state index contributed by atoms with van der Waals surface area (Å²) in [6.07, 6.45) is 0. The Labute approximate surface area is 106 Å². The van der Waals surface area contributed by atoms with Crippen LogP contribution in [0, 0.1) is 25.2 Å². The number of benzene rings is 2. The van der Waals surface area contributed by atoms with E-state index in [1.807, 2.05) is 38.1 Å². The monoisotopic (exact) mass is 239 g/mol. The van der Waals surface area contributed by atoms with Gasteiger partial charge in [0.1, 0.15) is 5.75 Å². The van der Waals surface area contributed by atoms with Crippen LogP contribution in [0.3, 0.4) is 0 Å². The molecule has 0 amide bonds. The summed E-state index contributed by atoms with van der Waals surface area (Å²) in [5, 5.41) is 18.5. The molecule has 0 fully saturated rings.